The van der Waals surface area contributed by atoms with Gasteiger partial charge in [-0.15, -0.1) is 0 Å². The fraction of sp³-hybridized carbons (Fsp3) is 0.400. The first-order valence-electron chi connectivity index (χ1n) is 6.53. The maximum atomic E-state index is 12.3. The second-order valence-corrected chi connectivity index (χ2v) is 5.18. The summed E-state index contributed by atoms with van der Waals surface area (Å²) in [7, 11) is 3.47. The van der Waals surface area contributed by atoms with E-state index in [4.69, 9.17) is 4.74 Å². The molecule has 0 bridgehead atoms. The zero-order chi connectivity index (χ0) is 13.4. The lowest BCUT2D eigenvalue weighted by molar-refractivity contribution is 0.171. The predicted molar refractivity (Wildman–Crippen MR) is 72.7 cm³/mol. The minimum atomic E-state index is 0.0806. The van der Waals surface area contributed by atoms with Crippen LogP contribution in [0.5, 0.6) is 5.75 Å². The number of benzene rings is 1. The molecule has 3 rings (SSSR count). The van der Waals surface area contributed by atoms with Crippen LogP contribution in [0.2, 0.25) is 0 Å². The van der Waals surface area contributed by atoms with E-state index in [-0.39, 0.29) is 6.03 Å². The van der Waals surface area contributed by atoms with Crippen LogP contribution in [-0.2, 0) is 6.54 Å². The van der Waals surface area contributed by atoms with E-state index in [1.807, 2.05) is 42.4 Å². The van der Waals surface area contributed by atoms with Gasteiger partial charge in [0.1, 0.15) is 5.75 Å². The van der Waals surface area contributed by atoms with Gasteiger partial charge in [-0.2, -0.15) is 0 Å². The van der Waals surface area contributed by atoms with Crippen molar-refractivity contribution in [3.05, 3.63) is 42.1 Å². The molecule has 4 nitrogen and oxygen atoms in total. The third-order valence-electron chi connectivity index (χ3n) is 3.82. The standard InChI is InChI=1S/C15H18N2O2/c1-16-8-7-12-9-14(12)17(15(16)18)10-11-3-5-13(19-2)6-4-11/h3-8,12,14H,9-10H2,1-2H3. The molecule has 0 saturated heterocycles. The average molecular weight is 258 g/mol. The van der Waals surface area contributed by atoms with Gasteiger partial charge in [0.25, 0.3) is 0 Å². The first kappa shape index (κ1) is 12.1. The first-order chi connectivity index (χ1) is 9.19. The maximum Gasteiger partial charge on any atom is 0.324 e. The van der Waals surface area contributed by atoms with Crippen molar-refractivity contribution in [3.63, 3.8) is 0 Å². The van der Waals surface area contributed by atoms with Crippen molar-refractivity contribution in [2.24, 2.45) is 5.92 Å². The Bertz CT molecular complexity index is 509. The molecule has 2 unspecified atom stereocenters. The lowest BCUT2D eigenvalue weighted by Crippen LogP contribution is -2.39. The van der Waals surface area contributed by atoms with Gasteiger partial charge in [0.05, 0.1) is 7.11 Å². The number of fused-ring (bicyclic) bond motifs is 1. The second kappa shape index (κ2) is 4.61. The largest absolute Gasteiger partial charge is 0.497 e. The van der Waals surface area contributed by atoms with Crippen LogP contribution < -0.4 is 4.74 Å². The molecular weight excluding hydrogens is 240 g/mol. The summed E-state index contributed by atoms with van der Waals surface area (Å²) in [5, 5.41) is 0. The fourth-order valence-corrected chi connectivity index (χ4v) is 2.53. The van der Waals surface area contributed by atoms with Gasteiger partial charge in [0.2, 0.25) is 0 Å². The molecule has 19 heavy (non-hydrogen) atoms. The molecule has 0 radical (unpaired) electrons. The van der Waals surface area contributed by atoms with Gasteiger partial charge < -0.3 is 14.5 Å². The van der Waals surface area contributed by atoms with Crippen molar-refractivity contribution in [1.82, 2.24) is 9.80 Å². The van der Waals surface area contributed by atoms with E-state index < -0.39 is 0 Å². The summed E-state index contributed by atoms with van der Waals surface area (Å²) >= 11 is 0. The third-order valence-corrected chi connectivity index (χ3v) is 3.82. The number of nitrogens with zero attached hydrogens (tertiary/aromatic N) is 2. The van der Waals surface area contributed by atoms with Gasteiger partial charge in [0, 0.05) is 31.8 Å². The van der Waals surface area contributed by atoms with Crippen LogP contribution in [0.1, 0.15) is 12.0 Å². The Balaban J connectivity index is 1.76. The quantitative estimate of drug-likeness (QED) is 0.834. The van der Waals surface area contributed by atoms with Crippen molar-refractivity contribution in [1.29, 1.82) is 0 Å². The topological polar surface area (TPSA) is 32.8 Å². The summed E-state index contributed by atoms with van der Waals surface area (Å²) in [4.78, 5) is 15.9. The summed E-state index contributed by atoms with van der Waals surface area (Å²) in [6.07, 6.45) is 5.11. The summed E-state index contributed by atoms with van der Waals surface area (Å²) in [6, 6.07) is 8.35. The molecule has 0 aromatic heterocycles. The number of ether oxygens (including phenoxy) is 1. The minimum absolute atomic E-state index is 0.0806. The predicted octanol–water partition coefficient (Wildman–Crippen LogP) is 2.46. The zero-order valence-corrected chi connectivity index (χ0v) is 11.2. The van der Waals surface area contributed by atoms with Crippen molar-refractivity contribution < 1.29 is 9.53 Å². The van der Waals surface area contributed by atoms with Gasteiger partial charge in [-0.3, -0.25) is 0 Å². The second-order valence-electron chi connectivity index (χ2n) is 5.18. The summed E-state index contributed by atoms with van der Waals surface area (Å²) in [6.45, 7) is 0.663. The Morgan fingerprint density at radius 1 is 1.32 bits per heavy atom. The highest BCUT2D eigenvalue weighted by Crippen LogP contribution is 2.40. The van der Waals surface area contributed by atoms with Crippen molar-refractivity contribution in [2.45, 2.75) is 19.0 Å². The van der Waals surface area contributed by atoms with Crippen LogP contribution in [0.15, 0.2) is 36.5 Å². The maximum absolute atomic E-state index is 12.3. The Hall–Kier alpha value is -1.97. The van der Waals surface area contributed by atoms with Crippen LogP contribution in [0, 0.1) is 5.92 Å². The average Bonchev–Trinajstić information content (AvgIpc) is 3.21. The van der Waals surface area contributed by atoms with E-state index in [9.17, 15) is 4.79 Å². The molecule has 1 fully saturated rings. The minimum Gasteiger partial charge on any atom is -0.497 e. The van der Waals surface area contributed by atoms with Gasteiger partial charge in [-0.1, -0.05) is 18.2 Å². The van der Waals surface area contributed by atoms with Crippen molar-refractivity contribution in [2.75, 3.05) is 14.2 Å². The van der Waals surface area contributed by atoms with Gasteiger partial charge >= 0.3 is 6.03 Å². The Kier molecular flexibility index (Phi) is 2.93. The van der Waals surface area contributed by atoms with E-state index in [1.165, 1.54) is 0 Å². The summed E-state index contributed by atoms with van der Waals surface area (Å²) in [5.74, 6) is 1.38. The molecule has 0 N–H and O–H groups in total. The zero-order valence-electron chi connectivity index (χ0n) is 11.2. The Morgan fingerprint density at radius 2 is 2.05 bits per heavy atom. The van der Waals surface area contributed by atoms with E-state index in [1.54, 1.807) is 12.0 Å². The smallest absolute Gasteiger partial charge is 0.324 e. The van der Waals surface area contributed by atoms with Crippen LogP contribution in [-0.4, -0.2) is 36.0 Å². The molecule has 2 amide bonds. The number of rotatable bonds is 3. The molecule has 2 aliphatic rings. The van der Waals surface area contributed by atoms with E-state index in [0.717, 1.165) is 17.7 Å². The Morgan fingerprint density at radius 3 is 2.74 bits per heavy atom. The van der Waals surface area contributed by atoms with Crippen molar-refractivity contribution >= 4 is 6.03 Å². The Labute approximate surface area is 113 Å². The highest BCUT2D eigenvalue weighted by Gasteiger charge is 2.44. The van der Waals surface area contributed by atoms with E-state index in [2.05, 4.69) is 6.08 Å². The number of methoxy groups -OCH3 is 1. The molecule has 100 valence electrons. The first-order valence-corrected chi connectivity index (χ1v) is 6.53. The van der Waals surface area contributed by atoms with E-state index in [0.29, 0.717) is 18.5 Å². The number of hydrogen-bond donors (Lipinski definition) is 0. The SMILES string of the molecule is COc1ccc(CN2C(=O)N(C)C=CC3CC32)cc1. The highest BCUT2D eigenvalue weighted by molar-refractivity contribution is 5.76. The summed E-state index contributed by atoms with van der Waals surface area (Å²) in [5.41, 5.74) is 1.13. The summed E-state index contributed by atoms with van der Waals surface area (Å²) < 4.78 is 5.15. The number of carbonyl (C=O) groups is 1. The third kappa shape index (κ3) is 2.30. The lowest BCUT2D eigenvalue weighted by atomic mass is 10.2. The number of hydrogen-bond acceptors (Lipinski definition) is 2. The van der Waals surface area contributed by atoms with Gasteiger partial charge in [0.15, 0.2) is 0 Å². The van der Waals surface area contributed by atoms with Crippen LogP contribution in [0.3, 0.4) is 0 Å². The number of urea groups is 1. The highest BCUT2D eigenvalue weighted by atomic mass is 16.5. The molecule has 1 aromatic carbocycles. The fourth-order valence-electron chi connectivity index (χ4n) is 2.53. The molecule has 2 atom stereocenters. The lowest BCUT2D eigenvalue weighted by Gasteiger charge is -2.25. The molecule has 1 heterocycles. The van der Waals surface area contributed by atoms with Crippen LogP contribution in [0.25, 0.3) is 0 Å². The molecule has 0 spiro atoms. The van der Waals surface area contributed by atoms with Crippen LogP contribution in [0.4, 0.5) is 4.79 Å². The molecule has 4 heteroatoms. The van der Waals surface area contributed by atoms with Crippen LogP contribution >= 0.6 is 0 Å². The molecular formula is C15H18N2O2. The number of carbonyl (C=O) groups excluding carboxylic acids is 1. The van der Waals surface area contributed by atoms with Gasteiger partial charge in [-0.05, 0) is 24.1 Å². The van der Waals surface area contributed by atoms with Crippen molar-refractivity contribution in [3.8, 4) is 5.75 Å². The normalized spacial score (nSPS) is 25.1. The monoisotopic (exact) mass is 258 g/mol. The molecule has 1 aromatic rings. The number of amides is 2. The van der Waals surface area contributed by atoms with E-state index >= 15 is 0 Å². The molecule has 1 aliphatic carbocycles. The van der Waals surface area contributed by atoms with Gasteiger partial charge in [-0.25, -0.2) is 4.79 Å². The molecule has 1 saturated carbocycles. The molecule has 1 aliphatic heterocycles.